The average Bonchev–Trinajstić information content (AvgIpc) is 3.29. The van der Waals surface area contributed by atoms with E-state index in [2.05, 4.69) is 21.6 Å². The Labute approximate surface area is 218 Å². The Morgan fingerprint density at radius 3 is 2.61 bits per heavy atom. The van der Waals surface area contributed by atoms with E-state index in [4.69, 9.17) is 16.3 Å². The van der Waals surface area contributed by atoms with Crippen LogP contribution < -0.4 is 4.74 Å². The maximum Gasteiger partial charge on any atom is 0.195 e. The molecule has 1 unspecified atom stereocenters. The van der Waals surface area contributed by atoms with Crippen LogP contribution in [-0.4, -0.2) is 42.0 Å². The predicted octanol–water partition coefficient (Wildman–Crippen LogP) is 6.88. The number of para-hydroxylation sites is 1. The summed E-state index contributed by atoms with van der Waals surface area (Å²) in [5, 5.41) is 1.82. The molecule has 0 radical (unpaired) electrons. The van der Waals surface area contributed by atoms with Gasteiger partial charge in [0.15, 0.2) is 5.78 Å². The van der Waals surface area contributed by atoms with E-state index in [-0.39, 0.29) is 5.78 Å². The molecule has 4 aromatic rings. The molecular weight excluding hydrogens is 468 g/mol. The molecule has 36 heavy (non-hydrogen) atoms. The Morgan fingerprint density at radius 2 is 1.81 bits per heavy atom. The molecule has 0 saturated carbocycles. The topological polar surface area (TPSA) is 34.5 Å². The molecule has 2 heterocycles. The zero-order valence-corrected chi connectivity index (χ0v) is 21.6. The molecule has 4 nitrogen and oxygen atoms in total. The van der Waals surface area contributed by atoms with Gasteiger partial charge in [0, 0.05) is 40.8 Å². The van der Waals surface area contributed by atoms with Crippen molar-refractivity contribution in [2.45, 2.75) is 32.2 Å². The fraction of sp³-hybridized carbons (Fsp3) is 0.323. The summed E-state index contributed by atoms with van der Waals surface area (Å²) in [7, 11) is 1.69. The molecule has 1 aliphatic rings. The van der Waals surface area contributed by atoms with Crippen molar-refractivity contribution in [3.63, 3.8) is 0 Å². The Balaban J connectivity index is 1.28. The van der Waals surface area contributed by atoms with Gasteiger partial charge in [0.25, 0.3) is 0 Å². The first-order chi connectivity index (χ1) is 17.6. The third kappa shape index (κ3) is 5.35. The van der Waals surface area contributed by atoms with Crippen LogP contribution in [0.5, 0.6) is 5.75 Å². The highest BCUT2D eigenvalue weighted by atomic mass is 35.5. The van der Waals surface area contributed by atoms with Crippen molar-refractivity contribution in [1.29, 1.82) is 0 Å². The largest absolute Gasteiger partial charge is 0.495 e. The fourth-order valence-electron chi connectivity index (χ4n) is 5.55. The van der Waals surface area contributed by atoms with Crippen molar-refractivity contribution in [3.05, 3.63) is 101 Å². The second-order valence-electron chi connectivity index (χ2n) is 9.75. The number of nitrogens with zero attached hydrogens (tertiary/aromatic N) is 2. The Hall–Kier alpha value is -3.08. The molecule has 1 fully saturated rings. The molecule has 5 rings (SSSR count). The minimum Gasteiger partial charge on any atom is -0.495 e. The molecule has 1 atom stereocenters. The summed E-state index contributed by atoms with van der Waals surface area (Å²) in [6.45, 7) is 4.13. The molecule has 186 valence electrons. The minimum absolute atomic E-state index is 0.0473. The number of hydrogen-bond acceptors (Lipinski definition) is 3. The van der Waals surface area contributed by atoms with Crippen LogP contribution in [0.1, 0.15) is 40.7 Å². The van der Waals surface area contributed by atoms with Crippen LogP contribution >= 0.6 is 11.6 Å². The first kappa shape index (κ1) is 24.6. The van der Waals surface area contributed by atoms with Crippen LogP contribution in [0.15, 0.2) is 79.0 Å². The van der Waals surface area contributed by atoms with Gasteiger partial charge in [-0.3, -0.25) is 4.79 Å². The van der Waals surface area contributed by atoms with Gasteiger partial charge in [0.05, 0.1) is 12.6 Å². The SMILES string of the molecule is COc1cccc2c(C(=O)c3ccccc3)cn(CCCN3CCCC(Cc4ccccc4Cl)C3)c12. The standard InChI is InChI=1S/C31H33ClN2O2/c1-36-29-16-7-14-26-27(31(35)24-11-3-2-4-12-24)22-34(30(26)29)19-9-18-33-17-8-10-23(21-33)20-25-13-5-6-15-28(25)32/h2-7,11-16,22-23H,8-10,17-21H2,1H3. The van der Waals surface area contributed by atoms with E-state index in [9.17, 15) is 4.79 Å². The van der Waals surface area contributed by atoms with E-state index in [0.29, 0.717) is 11.5 Å². The normalized spacial score (nSPS) is 16.3. The molecule has 0 amide bonds. The highest BCUT2D eigenvalue weighted by molar-refractivity contribution is 6.31. The number of carbonyl (C=O) groups is 1. The van der Waals surface area contributed by atoms with Gasteiger partial charge in [-0.25, -0.2) is 0 Å². The van der Waals surface area contributed by atoms with E-state index in [1.807, 2.05) is 66.9 Å². The monoisotopic (exact) mass is 500 g/mol. The van der Waals surface area contributed by atoms with Crippen LogP contribution in [0.4, 0.5) is 0 Å². The second-order valence-corrected chi connectivity index (χ2v) is 10.2. The van der Waals surface area contributed by atoms with Gasteiger partial charge in [0.1, 0.15) is 5.75 Å². The first-order valence-corrected chi connectivity index (χ1v) is 13.2. The number of halogens is 1. The number of ketones is 1. The number of rotatable bonds is 9. The second kappa shape index (κ2) is 11.3. The van der Waals surface area contributed by atoms with Crippen LogP contribution in [0, 0.1) is 5.92 Å². The summed E-state index contributed by atoms with van der Waals surface area (Å²) in [5.41, 5.74) is 3.69. The summed E-state index contributed by atoms with van der Waals surface area (Å²) in [5.74, 6) is 1.49. The Morgan fingerprint density at radius 1 is 1.00 bits per heavy atom. The summed E-state index contributed by atoms with van der Waals surface area (Å²) in [6.07, 6.45) is 6.55. The molecule has 1 saturated heterocycles. The molecule has 1 aliphatic heterocycles. The van der Waals surface area contributed by atoms with E-state index in [1.165, 1.54) is 18.4 Å². The Kier molecular flexibility index (Phi) is 7.74. The third-order valence-corrected chi connectivity index (χ3v) is 7.67. The van der Waals surface area contributed by atoms with Crippen molar-refractivity contribution in [2.24, 2.45) is 5.92 Å². The lowest BCUT2D eigenvalue weighted by atomic mass is 9.91. The lowest BCUT2D eigenvalue weighted by molar-refractivity contribution is 0.104. The van der Waals surface area contributed by atoms with Crippen LogP contribution in [0.25, 0.3) is 10.9 Å². The number of piperidine rings is 1. The lowest BCUT2D eigenvalue weighted by Crippen LogP contribution is -2.37. The molecular formula is C31H33ClN2O2. The van der Waals surface area contributed by atoms with Gasteiger partial charge < -0.3 is 14.2 Å². The van der Waals surface area contributed by atoms with E-state index in [0.717, 1.165) is 66.3 Å². The van der Waals surface area contributed by atoms with E-state index < -0.39 is 0 Å². The maximum atomic E-state index is 13.3. The number of carbonyl (C=O) groups excluding carboxylic acids is 1. The van der Waals surface area contributed by atoms with Gasteiger partial charge >= 0.3 is 0 Å². The number of ether oxygens (including phenoxy) is 1. The van der Waals surface area contributed by atoms with Crippen molar-refractivity contribution >= 4 is 28.3 Å². The maximum absolute atomic E-state index is 13.3. The molecule has 0 aliphatic carbocycles. The molecule has 5 heteroatoms. The third-order valence-electron chi connectivity index (χ3n) is 7.30. The zero-order valence-electron chi connectivity index (χ0n) is 20.8. The molecule has 0 N–H and O–H groups in total. The molecule has 0 spiro atoms. The minimum atomic E-state index is 0.0473. The average molecular weight is 501 g/mol. The highest BCUT2D eigenvalue weighted by Crippen LogP contribution is 2.32. The van der Waals surface area contributed by atoms with Gasteiger partial charge in [0.2, 0.25) is 0 Å². The Bertz CT molecular complexity index is 1330. The van der Waals surface area contributed by atoms with Crippen LogP contribution in [-0.2, 0) is 13.0 Å². The van der Waals surface area contributed by atoms with Gasteiger partial charge in [-0.2, -0.15) is 0 Å². The summed E-state index contributed by atoms with van der Waals surface area (Å²) < 4.78 is 7.89. The highest BCUT2D eigenvalue weighted by Gasteiger charge is 2.22. The smallest absolute Gasteiger partial charge is 0.195 e. The number of benzene rings is 3. The van der Waals surface area contributed by atoms with Gasteiger partial charge in [-0.15, -0.1) is 0 Å². The van der Waals surface area contributed by atoms with Crippen molar-refractivity contribution < 1.29 is 9.53 Å². The summed E-state index contributed by atoms with van der Waals surface area (Å²) in [4.78, 5) is 15.9. The number of aromatic nitrogens is 1. The lowest BCUT2D eigenvalue weighted by Gasteiger charge is -2.33. The number of hydrogen-bond donors (Lipinski definition) is 0. The number of aryl methyl sites for hydroxylation is 1. The van der Waals surface area contributed by atoms with E-state index >= 15 is 0 Å². The van der Waals surface area contributed by atoms with Crippen LogP contribution in [0.3, 0.4) is 0 Å². The van der Waals surface area contributed by atoms with E-state index in [1.54, 1.807) is 7.11 Å². The zero-order chi connectivity index (χ0) is 24.9. The quantitative estimate of drug-likeness (QED) is 0.235. The molecule has 0 bridgehead atoms. The van der Waals surface area contributed by atoms with Crippen molar-refractivity contribution in [2.75, 3.05) is 26.7 Å². The van der Waals surface area contributed by atoms with Crippen molar-refractivity contribution in [1.82, 2.24) is 9.47 Å². The predicted molar refractivity (Wildman–Crippen MR) is 147 cm³/mol. The number of likely N-dealkylation sites (tertiary alicyclic amines) is 1. The van der Waals surface area contributed by atoms with Gasteiger partial charge in [-0.1, -0.05) is 72.3 Å². The first-order valence-electron chi connectivity index (χ1n) is 12.9. The van der Waals surface area contributed by atoms with Gasteiger partial charge in [-0.05, 0) is 62.4 Å². The van der Waals surface area contributed by atoms with Crippen molar-refractivity contribution in [3.8, 4) is 5.75 Å². The number of methoxy groups -OCH3 is 1. The molecule has 1 aromatic heterocycles. The number of fused-ring (bicyclic) bond motifs is 1. The van der Waals surface area contributed by atoms with Crippen LogP contribution in [0.2, 0.25) is 5.02 Å². The molecule has 3 aromatic carbocycles. The summed E-state index contributed by atoms with van der Waals surface area (Å²) in [6, 6.07) is 23.7. The fourth-order valence-corrected chi connectivity index (χ4v) is 5.77. The summed E-state index contributed by atoms with van der Waals surface area (Å²) >= 11 is 6.42.